The number of hydrogen-bond donors (Lipinski definition) is 0. The Bertz CT molecular complexity index is 1960. The zero-order valence-corrected chi connectivity index (χ0v) is 34.5. The van der Waals surface area contributed by atoms with Crippen LogP contribution in [-0.4, -0.2) is 95.4 Å². The Morgan fingerprint density at radius 3 is 1.85 bits per heavy atom. The first-order chi connectivity index (χ1) is 25.4. The van der Waals surface area contributed by atoms with Gasteiger partial charge in [-0.05, 0) is 148 Å². The molecule has 2 aromatic carbocycles. The molecule has 8 rings (SSSR count). The highest BCUT2D eigenvalue weighted by molar-refractivity contribution is 7.19. The molecule has 4 aromatic rings. The van der Waals surface area contributed by atoms with Crippen LogP contribution in [-0.2, 0) is 4.74 Å². The number of aliphatic imine (C=N–C) groups is 1. The molecule has 8 nitrogen and oxygen atoms in total. The largest absolute Gasteiger partial charge is 0.443 e. The second-order valence-electron chi connectivity index (χ2n) is 17.1. The van der Waals surface area contributed by atoms with Gasteiger partial charge in [0.05, 0.1) is 36.1 Å². The average molecular weight is 755 g/mol. The molecule has 4 aliphatic heterocycles. The highest BCUT2D eigenvalue weighted by Gasteiger charge is 2.30. The van der Waals surface area contributed by atoms with Gasteiger partial charge >= 0.3 is 6.09 Å². The maximum Gasteiger partial charge on any atom is 0.414 e. The minimum Gasteiger partial charge on any atom is -0.443 e. The third kappa shape index (κ3) is 9.38. The minimum absolute atomic E-state index is 0.273. The molecule has 2 saturated heterocycles. The van der Waals surface area contributed by atoms with Gasteiger partial charge in [-0.2, -0.15) is 0 Å². The standard InChI is InChI=1S/C24H33N3O2S.C19H25N3S/c1-16-6-8-20(27(15-16)23(28)29-24(2,3)4)18-7-9-21-19(14-18)25-22(30-21)17-10-12-26(5)13-11-17;1-13-3-5-16(20-12-13)15-4-6-18-17(11-15)21-19(23-18)14-7-9-22(2)10-8-14/h7-9,14,16-17H,6,10-13,15H2,1-5H3;4,6,11,13-14H,3,5,7-10,12H2,1-2H3/t16-;13-/m00/s1. The molecule has 2 fully saturated rings. The van der Waals surface area contributed by atoms with Crippen molar-refractivity contribution in [1.82, 2.24) is 24.7 Å². The Hall–Kier alpha value is -3.18. The summed E-state index contributed by atoms with van der Waals surface area (Å²) in [5.74, 6) is 2.37. The van der Waals surface area contributed by atoms with E-state index in [2.05, 4.69) is 80.2 Å². The van der Waals surface area contributed by atoms with Crippen molar-refractivity contribution in [3.05, 3.63) is 63.6 Å². The smallest absolute Gasteiger partial charge is 0.414 e. The van der Waals surface area contributed by atoms with Gasteiger partial charge in [0.15, 0.2) is 0 Å². The molecule has 4 aliphatic rings. The average Bonchev–Trinajstić information content (AvgIpc) is 3.76. The molecular formula is C43H58N6O2S2. The van der Waals surface area contributed by atoms with Crippen molar-refractivity contribution >= 4 is 60.6 Å². The highest BCUT2D eigenvalue weighted by Crippen LogP contribution is 2.37. The van der Waals surface area contributed by atoms with Crippen LogP contribution in [0.2, 0.25) is 0 Å². The summed E-state index contributed by atoms with van der Waals surface area (Å²) in [5, 5.41) is 2.59. The lowest BCUT2D eigenvalue weighted by Gasteiger charge is -2.33. The topological polar surface area (TPSA) is 74.2 Å². The highest BCUT2D eigenvalue weighted by atomic mass is 32.1. The molecule has 2 aromatic heterocycles. The summed E-state index contributed by atoms with van der Waals surface area (Å²) in [6.45, 7) is 16.5. The maximum absolute atomic E-state index is 12.9. The summed E-state index contributed by atoms with van der Waals surface area (Å²) in [7, 11) is 4.41. The second kappa shape index (κ2) is 16.3. The Kier molecular flexibility index (Phi) is 11.7. The molecule has 2 atom stereocenters. The summed E-state index contributed by atoms with van der Waals surface area (Å²) >= 11 is 3.71. The quantitative estimate of drug-likeness (QED) is 0.207. The van der Waals surface area contributed by atoms with E-state index >= 15 is 0 Å². The number of allylic oxidation sites excluding steroid dienone is 1. The summed E-state index contributed by atoms with van der Waals surface area (Å²) in [6, 6.07) is 13.2. The van der Waals surface area contributed by atoms with Crippen molar-refractivity contribution in [3.63, 3.8) is 0 Å². The van der Waals surface area contributed by atoms with E-state index < -0.39 is 5.60 Å². The number of piperidine rings is 2. The van der Waals surface area contributed by atoms with Gasteiger partial charge in [0.2, 0.25) is 0 Å². The van der Waals surface area contributed by atoms with Gasteiger partial charge < -0.3 is 14.5 Å². The fourth-order valence-electron chi connectivity index (χ4n) is 7.82. The zero-order valence-electron chi connectivity index (χ0n) is 32.9. The first kappa shape index (κ1) is 38.1. The van der Waals surface area contributed by atoms with E-state index in [4.69, 9.17) is 19.7 Å². The monoisotopic (exact) mass is 754 g/mol. The van der Waals surface area contributed by atoms with Crippen LogP contribution < -0.4 is 0 Å². The number of carbonyl (C=O) groups is 1. The minimum atomic E-state index is -0.509. The summed E-state index contributed by atoms with van der Waals surface area (Å²) < 4.78 is 8.24. The van der Waals surface area contributed by atoms with Crippen molar-refractivity contribution < 1.29 is 9.53 Å². The predicted octanol–water partition coefficient (Wildman–Crippen LogP) is 10.0. The van der Waals surface area contributed by atoms with Gasteiger partial charge in [-0.25, -0.2) is 14.8 Å². The number of carbonyl (C=O) groups excluding carboxylic acids is 1. The van der Waals surface area contributed by atoms with Crippen LogP contribution >= 0.6 is 22.7 Å². The lowest BCUT2D eigenvalue weighted by atomic mass is 9.96. The molecule has 53 heavy (non-hydrogen) atoms. The van der Waals surface area contributed by atoms with Crippen molar-refractivity contribution in [3.8, 4) is 0 Å². The van der Waals surface area contributed by atoms with Crippen LogP contribution in [0, 0.1) is 11.8 Å². The number of nitrogens with zero attached hydrogens (tertiary/aromatic N) is 6. The molecule has 1 amide bonds. The second-order valence-corrected chi connectivity index (χ2v) is 19.2. The van der Waals surface area contributed by atoms with Crippen molar-refractivity contribution in [1.29, 1.82) is 0 Å². The summed E-state index contributed by atoms with van der Waals surface area (Å²) in [4.78, 5) is 34.3. The van der Waals surface area contributed by atoms with Crippen LogP contribution in [0.15, 0.2) is 47.5 Å². The number of benzene rings is 2. The van der Waals surface area contributed by atoms with E-state index in [0.717, 1.165) is 55.2 Å². The van der Waals surface area contributed by atoms with Crippen LogP contribution in [0.25, 0.3) is 26.1 Å². The summed E-state index contributed by atoms with van der Waals surface area (Å²) in [5.41, 5.74) is 6.24. The molecule has 0 radical (unpaired) electrons. The Morgan fingerprint density at radius 1 is 0.774 bits per heavy atom. The van der Waals surface area contributed by atoms with Crippen molar-refractivity contribution in [2.45, 2.75) is 97.0 Å². The third-order valence-corrected chi connectivity index (χ3v) is 13.6. The van der Waals surface area contributed by atoms with Crippen molar-refractivity contribution in [2.24, 2.45) is 16.8 Å². The van der Waals surface area contributed by atoms with E-state index in [1.54, 1.807) is 4.90 Å². The molecule has 10 heteroatoms. The lowest BCUT2D eigenvalue weighted by molar-refractivity contribution is 0.0327. The SMILES string of the molecule is C[C@H]1CC=C(c2ccc3sc(C4CCN(C)CC4)nc3c2)N(C(=O)OC(C)(C)C)C1.C[C@H]1CCC(c2ccc3sc(C4CCN(C)CC4)nc3c2)=NC1. The molecule has 6 heterocycles. The Morgan fingerprint density at radius 2 is 1.32 bits per heavy atom. The molecule has 0 spiro atoms. The van der Waals surface area contributed by atoms with E-state index in [0.29, 0.717) is 24.3 Å². The third-order valence-electron chi connectivity index (χ3n) is 11.2. The molecule has 284 valence electrons. The van der Waals surface area contributed by atoms with E-state index in [9.17, 15) is 4.79 Å². The van der Waals surface area contributed by atoms with Crippen LogP contribution in [0.4, 0.5) is 4.79 Å². The van der Waals surface area contributed by atoms with Gasteiger partial charge in [-0.1, -0.05) is 32.1 Å². The fraction of sp³-hybridized carbons (Fsp3) is 0.581. The molecule has 0 N–H and O–H groups in total. The number of hydrogen-bond acceptors (Lipinski definition) is 9. The lowest BCUT2D eigenvalue weighted by Crippen LogP contribution is -2.39. The molecular weight excluding hydrogens is 697 g/mol. The van der Waals surface area contributed by atoms with Crippen LogP contribution in [0.5, 0.6) is 0 Å². The normalized spacial score (nSPS) is 22.7. The van der Waals surface area contributed by atoms with Gasteiger partial charge in [-0.3, -0.25) is 9.89 Å². The number of rotatable bonds is 4. The van der Waals surface area contributed by atoms with E-state index in [1.165, 1.54) is 81.4 Å². The Balaban J connectivity index is 0.000000170. The van der Waals surface area contributed by atoms with Crippen LogP contribution in [0.3, 0.4) is 0 Å². The number of fused-ring (bicyclic) bond motifs is 2. The predicted molar refractivity (Wildman–Crippen MR) is 223 cm³/mol. The zero-order chi connectivity index (χ0) is 37.3. The van der Waals surface area contributed by atoms with Gasteiger partial charge in [-0.15, -0.1) is 22.7 Å². The van der Waals surface area contributed by atoms with Gasteiger partial charge in [0.1, 0.15) is 5.60 Å². The maximum atomic E-state index is 12.9. The van der Waals surface area contributed by atoms with Crippen LogP contribution in [0.1, 0.15) is 113 Å². The van der Waals surface area contributed by atoms with Gasteiger partial charge in [0, 0.05) is 36.2 Å². The van der Waals surface area contributed by atoms with Gasteiger partial charge in [0.25, 0.3) is 0 Å². The van der Waals surface area contributed by atoms with E-state index in [1.807, 2.05) is 43.4 Å². The molecule has 0 saturated carbocycles. The first-order valence-electron chi connectivity index (χ1n) is 19.8. The number of aromatic nitrogens is 2. The molecule has 0 unspecified atom stereocenters. The molecule has 0 bridgehead atoms. The number of ether oxygens (including phenoxy) is 1. The Labute approximate surface area is 324 Å². The first-order valence-corrected chi connectivity index (χ1v) is 21.4. The number of likely N-dealkylation sites (tertiary alicyclic amines) is 2. The fourth-order valence-corrected chi connectivity index (χ4v) is 10.0. The van der Waals surface area contributed by atoms with E-state index in [-0.39, 0.29) is 6.09 Å². The molecule has 0 aliphatic carbocycles. The number of amides is 1. The summed E-state index contributed by atoms with van der Waals surface area (Å²) in [6.07, 6.45) is 10.1. The van der Waals surface area contributed by atoms with Crippen molar-refractivity contribution in [2.75, 3.05) is 53.4 Å². The number of thiazole rings is 2.